The highest BCUT2D eigenvalue weighted by Gasteiger charge is 2.07. The van der Waals surface area contributed by atoms with Crippen LogP contribution in [0.3, 0.4) is 0 Å². The van der Waals surface area contributed by atoms with E-state index >= 15 is 0 Å². The van der Waals surface area contributed by atoms with E-state index in [1.807, 2.05) is 30.3 Å². The van der Waals surface area contributed by atoms with Gasteiger partial charge in [-0.1, -0.05) is 12.1 Å². The van der Waals surface area contributed by atoms with Gasteiger partial charge in [-0.05, 0) is 35.0 Å². The molecule has 19 heavy (non-hydrogen) atoms. The van der Waals surface area contributed by atoms with Crippen molar-refractivity contribution in [3.8, 4) is 11.8 Å². The van der Waals surface area contributed by atoms with Crippen LogP contribution < -0.4 is 5.32 Å². The van der Waals surface area contributed by atoms with Gasteiger partial charge in [0, 0.05) is 0 Å². The molecule has 1 amide bonds. The van der Waals surface area contributed by atoms with E-state index in [2.05, 4.69) is 20.8 Å². The van der Waals surface area contributed by atoms with Crippen LogP contribution in [0.5, 0.6) is 0 Å². The predicted molar refractivity (Wildman–Crippen MR) is 66.1 cm³/mol. The van der Waals surface area contributed by atoms with Crippen LogP contribution in [0.25, 0.3) is 5.69 Å². The molecule has 0 aliphatic rings. The molecule has 2 aromatic rings. The molecule has 7 nitrogen and oxygen atoms in total. The number of nitrogens with one attached hydrogen (secondary N) is 1. The molecule has 0 saturated carbocycles. The topological polar surface area (TPSA) is 96.5 Å². The molecule has 0 aliphatic carbocycles. The van der Waals surface area contributed by atoms with Gasteiger partial charge in [0.15, 0.2) is 0 Å². The molecule has 0 fully saturated rings. The third-order valence-electron chi connectivity index (χ3n) is 2.49. The number of nitriles is 1. The molecular weight excluding hydrogens is 244 g/mol. The lowest BCUT2D eigenvalue weighted by molar-refractivity contribution is -0.120. The van der Waals surface area contributed by atoms with Gasteiger partial charge in [-0.2, -0.15) is 5.26 Å². The Morgan fingerprint density at radius 2 is 2.21 bits per heavy atom. The average molecular weight is 256 g/mol. The van der Waals surface area contributed by atoms with Crippen LogP contribution in [-0.4, -0.2) is 32.2 Å². The monoisotopic (exact) mass is 256 g/mol. The Bertz CT molecular complexity index is 584. The normalized spacial score (nSPS) is 11.6. The molecular formula is C12H12N6O. The molecule has 1 heterocycles. The number of nitrogens with zero attached hydrogens (tertiary/aromatic N) is 5. The molecule has 7 heteroatoms. The summed E-state index contributed by atoms with van der Waals surface area (Å²) in [6.07, 6.45) is 1.73. The third-order valence-corrected chi connectivity index (χ3v) is 2.49. The second-order valence-electron chi connectivity index (χ2n) is 4.02. The zero-order valence-electron chi connectivity index (χ0n) is 10.3. The Kier molecular flexibility index (Phi) is 3.83. The number of amides is 1. The SMILES string of the molecule is C[C@@H](C#N)NC(=O)Cc1ccc(-n2cnnn2)cc1. The maximum atomic E-state index is 11.6. The molecule has 1 N–H and O–H groups in total. The van der Waals surface area contributed by atoms with Gasteiger partial charge in [0.05, 0.1) is 18.2 Å². The van der Waals surface area contributed by atoms with Crippen molar-refractivity contribution in [3.63, 3.8) is 0 Å². The summed E-state index contributed by atoms with van der Waals surface area (Å²) >= 11 is 0. The zero-order chi connectivity index (χ0) is 13.7. The maximum Gasteiger partial charge on any atom is 0.225 e. The lowest BCUT2D eigenvalue weighted by atomic mass is 10.1. The van der Waals surface area contributed by atoms with Crippen molar-refractivity contribution in [2.45, 2.75) is 19.4 Å². The van der Waals surface area contributed by atoms with E-state index in [0.29, 0.717) is 0 Å². The zero-order valence-corrected chi connectivity index (χ0v) is 10.3. The molecule has 2 rings (SSSR count). The third kappa shape index (κ3) is 3.35. The van der Waals surface area contributed by atoms with E-state index < -0.39 is 6.04 Å². The first-order valence-corrected chi connectivity index (χ1v) is 5.70. The van der Waals surface area contributed by atoms with Crippen LogP contribution in [0, 0.1) is 11.3 Å². The lowest BCUT2D eigenvalue weighted by Crippen LogP contribution is -2.32. The van der Waals surface area contributed by atoms with Gasteiger partial charge in [-0.25, -0.2) is 4.68 Å². The van der Waals surface area contributed by atoms with Crippen LogP contribution in [0.2, 0.25) is 0 Å². The summed E-state index contributed by atoms with van der Waals surface area (Å²) in [5.41, 5.74) is 1.68. The molecule has 1 atom stereocenters. The van der Waals surface area contributed by atoms with Gasteiger partial charge in [-0.3, -0.25) is 4.79 Å². The van der Waals surface area contributed by atoms with Gasteiger partial charge in [0.1, 0.15) is 12.4 Å². The van der Waals surface area contributed by atoms with E-state index in [9.17, 15) is 4.79 Å². The fraction of sp³-hybridized carbons (Fsp3) is 0.250. The fourth-order valence-electron chi connectivity index (χ4n) is 1.56. The molecule has 1 aromatic heterocycles. The van der Waals surface area contributed by atoms with Crippen LogP contribution in [0.15, 0.2) is 30.6 Å². The van der Waals surface area contributed by atoms with Crippen molar-refractivity contribution in [3.05, 3.63) is 36.2 Å². The fourth-order valence-corrected chi connectivity index (χ4v) is 1.56. The Morgan fingerprint density at radius 1 is 1.47 bits per heavy atom. The minimum atomic E-state index is -0.479. The first-order valence-electron chi connectivity index (χ1n) is 5.70. The van der Waals surface area contributed by atoms with E-state index in [4.69, 9.17) is 5.26 Å². The number of hydrogen-bond donors (Lipinski definition) is 1. The van der Waals surface area contributed by atoms with Crippen molar-refractivity contribution >= 4 is 5.91 Å². The molecule has 96 valence electrons. The maximum absolute atomic E-state index is 11.6. The number of tetrazole rings is 1. The van der Waals surface area contributed by atoms with Gasteiger partial charge in [0.2, 0.25) is 5.91 Å². The molecule has 0 saturated heterocycles. The van der Waals surface area contributed by atoms with Gasteiger partial charge < -0.3 is 5.32 Å². The Hall–Kier alpha value is -2.75. The van der Waals surface area contributed by atoms with Crippen molar-refractivity contribution < 1.29 is 4.79 Å². The van der Waals surface area contributed by atoms with E-state index in [1.54, 1.807) is 6.92 Å². The standard InChI is InChI=1S/C12H12N6O/c1-9(7-13)15-12(19)6-10-2-4-11(5-3-10)18-8-14-16-17-18/h2-5,8-9H,6H2,1H3,(H,15,19)/t9-/m0/s1. The lowest BCUT2D eigenvalue weighted by Gasteiger charge is -2.06. The number of benzene rings is 1. The molecule has 0 unspecified atom stereocenters. The van der Waals surface area contributed by atoms with E-state index in [1.165, 1.54) is 11.0 Å². The van der Waals surface area contributed by atoms with Crippen LogP contribution in [0.1, 0.15) is 12.5 Å². The van der Waals surface area contributed by atoms with Gasteiger partial charge in [0.25, 0.3) is 0 Å². The largest absolute Gasteiger partial charge is 0.340 e. The summed E-state index contributed by atoms with van der Waals surface area (Å²) in [5.74, 6) is -0.177. The average Bonchev–Trinajstić information content (AvgIpc) is 2.93. The summed E-state index contributed by atoms with van der Waals surface area (Å²) in [4.78, 5) is 11.6. The molecule has 0 spiro atoms. The molecule has 0 aliphatic heterocycles. The highest BCUT2D eigenvalue weighted by molar-refractivity contribution is 5.79. The summed E-state index contributed by atoms with van der Waals surface area (Å²) in [6, 6.07) is 8.78. The van der Waals surface area contributed by atoms with Crippen molar-refractivity contribution in [1.82, 2.24) is 25.5 Å². The smallest absolute Gasteiger partial charge is 0.225 e. The molecule has 0 bridgehead atoms. The molecule has 1 aromatic carbocycles. The van der Waals surface area contributed by atoms with Crippen LogP contribution >= 0.6 is 0 Å². The van der Waals surface area contributed by atoms with E-state index in [-0.39, 0.29) is 12.3 Å². The highest BCUT2D eigenvalue weighted by Crippen LogP contribution is 2.08. The highest BCUT2D eigenvalue weighted by atomic mass is 16.1. The molecule has 0 radical (unpaired) electrons. The Morgan fingerprint density at radius 3 is 2.79 bits per heavy atom. The number of hydrogen-bond acceptors (Lipinski definition) is 5. The minimum Gasteiger partial charge on any atom is -0.340 e. The summed E-state index contributed by atoms with van der Waals surface area (Å²) < 4.78 is 1.53. The second-order valence-corrected chi connectivity index (χ2v) is 4.02. The number of aromatic nitrogens is 4. The summed E-state index contributed by atoms with van der Waals surface area (Å²) in [5, 5.41) is 22.1. The number of rotatable bonds is 4. The van der Waals surface area contributed by atoms with E-state index in [0.717, 1.165) is 11.3 Å². The van der Waals surface area contributed by atoms with Crippen molar-refractivity contribution in [2.75, 3.05) is 0 Å². The van der Waals surface area contributed by atoms with Crippen molar-refractivity contribution in [1.29, 1.82) is 5.26 Å². The first kappa shape index (κ1) is 12.7. The number of carbonyl (C=O) groups is 1. The second kappa shape index (κ2) is 5.73. The Balaban J connectivity index is 2.00. The summed E-state index contributed by atoms with van der Waals surface area (Å²) in [6.45, 7) is 1.64. The van der Waals surface area contributed by atoms with Crippen LogP contribution in [-0.2, 0) is 11.2 Å². The van der Waals surface area contributed by atoms with Gasteiger partial charge >= 0.3 is 0 Å². The number of carbonyl (C=O) groups excluding carboxylic acids is 1. The Labute approximate surface area is 109 Å². The first-order chi connectivity index (χ1) is 9.19. The summed E-state index contributed by atoms with van der Waals surface area (Å²) in [7, 11) is 0. The minimum absolute atomic E-state index is 0.177. The predicted octanol–water partition coefficient (Wildman–Crippen LogP) is 0.233. The quantitative estimate of drug-likeness (QED) is 0.844. The van der Waals surface area contributed by atoms with Crippen molar-refractivity contribution in [2.24, 2.45) is 0 Å². The van der Waals surface area contributed by atoms with Crippen LogP contribution in [0.4, 0.5) is 0 Å². The van der Waals surface area contributed by atoms with Gasteiger partial charge in [-0.15, -0.1) is 5.10 Å².